The van der Waals surface area contributed by atoms with Gasteiger partial charge in [0.25, 0.3) is 5.56 Å². The van der Waals surface area contributed by atoms with Crippen LogP contribution in [0.5, 0.6) is 0 Å². The van der Waals surface area contributed by atoms with Gasteiger partial charge in [0.2, 0.25) is 5.91 Å². The third-order valence-electron chi connectivity index (χ3n) is 5.34. The molecule has 0 bridgehead atoms. The Morgan fingerprint density at radius 1 is 1.12 bits per heavy atom. The van der Waals surface area contributed by atoms with E-state index in [1.807, 2.05) is 43.4 Å². The van der Waals surface area contributed by atoms with Crippen LogP contribution >= 0.6 is 0 Å². The van der Waals surface area contributed by atoms with E-state index in [0.29, 0.717) is 11.6 Å². The second-order valence-corrected chi connectivity index (χ2v) is 8.23. The number of amides is 1. The Balaban J connectivity index is 1.69. The summed E-state index contributed by atoms with van der Waals surface area (Å²) >= 11 is 0. The predicted octanol–water partition coefficient (Wildman–Crippen LogP) is 2.57. The third-order valence-corrected chi connectivity index (χ3v) is 5.34. The molecule has 0 radical (unpaired) electrons. The number of aromatic amines is 1. The van der Waals surface area contributed by atoms with Crippen LogP contribution in [0.3, 0.4) is 0 Å². The summed E-state index contributed by atoms with van der Waals surface area (Å²) in [6.45, 7) is 6.77. The zero-order valence-corrected chi connectivity index (χ0v) is 20.3. The highest BCUT2D eigenvalue weighted by Crippen LogP contribution is 2.04. The molecule has 1 aromatic rings. The lowest BCUT2D eigenvalue weighted by molar-refractivity contribution is -0.120. The van der Waals surface area contributed by atoms with Crippen molar-refractivity contribution in [3.63, 3.8) is 0 Å². The van der Waals surface area contributed by atoms with E-state index in [9.17, 15) is 9.59 Å². The Morgan fingerprint density at radius 3 is 2.67 bits per heavy atom. The van der Waals surface area contributed by atoms with Gasteiger partial charge in [0.15, 0.2) is 5.82 Å². The Bertz CT molecular complexity index is 1020. The summed E-state index contributed by atoms with van der Waals surface area (Å²) in [5.74, 6) is 0.805. The number of aromatic nitrogens is 2. The molecule has 3 N–H and O–H groups in total. The van der Waals surface area contributed by atoms with Crippen molar-refractivity contribution in [1.29, 1.82) is 0 Å². The van der Waals surface area contributed by atoms with Crippen LogP contribution in [0.1, 0.15) is 58.8 Å². The van der Waals surface area contributed by atoms with Crippen LogP contribution in [0, 0.1) is 0 Å². The van der Waals surface area contributed by atoms with Crippen molar-refractivity contribution in [2.24, 2.45) is 0 Å². The molecule has 33 heavy (non-hydrogen) atoms. The van der Waals surface area contributed by atoms with E-state index in [4.69, 9.17) is 0 Å². The number of nitrogens with one attached hydrogen (secondary N) is 3. The molecule has 0 saturated heterocycles. The van der Waals surface area contributed by atoms with Gasteiger partial charge in [0.1, 0.15) is 0 Å². The number of hydrogen-bond acceptors (Lipinski definition) is 5. The van der Waals surface area contributed by atoms with Crippen molar-refractivity contribution in [1.82, 2.24) is 20.4 Å². The number of carbonyl (C=O) groups is 1. The number of anilines is 1. The van der Waals surface area contributed by atoms with Crippen molar-refractivity contribution in [3.05, 3.63) is 56.9 Å². The van der Waals surface area contributed by atoms with E-state index < -0.39 is 0 Å². The number of carbonyl (C=O) groups excluding carboxylic acids is 1. The molecule has 1 amide bonds. The molecule has 0 spiro atoms. The van der Waals surface area contributed by atoms with E-state index in [2.05, 4.69) is 45.8 Å². The Morgan fingerprint density at radius 2 is 1.88 bits per heavy atom. The van der Waals surface area contributed by atoms with Crippen LogP contribution in [-0.2, 0) is 4.79 Å². The lowest BCUT2D eigenvalue weighted by Gasteiger charge is -2.16. The molecule has 1 aliphatic carbocycles. The fourth-order valence-corrected chi connectivity index (χ4v) is 3.65. The standard InChI is InChI=1S/C26H39N5O2/c1-4-13-22-23(14-5-2)26(33)30-29-25(22)27-18-12-20-31(3)19-11-10-17-24(32)28-21-15-8-6-7-9-16-21/h6,8-9,13-16H,4-5,7,10-12,17-20H2,1-3H3,(H,27,29)(H,28,32)(H,30,33)/b22-13+,23-14+. The summed E-state index contributed by atoms with van der Waals surface area (Å²) in [5.41, 5.74) is 0.713. The SMILES string of the molecule is CC/C=c1/c(NCCCN(C)CCCCC(=O)NC2=CC=CCC=C2)n[nH]c(=O)/c1=C/CC. The second-order valence-electron chi connectivity index (χ2n) is 8.23. The third kappa shape index (κ3) is 9.61. The maximum atomic E-state index is 12.1. The van der Waals surface area contributed by atoms with Crippen molar-refractivity contribution in [2.45, 2.75) is 58.8 Å². The van der Waals surface area contributed by atoms with E-state index >= 15 is 0 Å². The molecule has 0 saturated carbocycles. The average Bonchev–Trinajstić information content (AvgIpc) is 3.06. The fraction of sp³-hybridized carbons (Fsp3) is 0.500. The van der Waals surface area contributed by atoms with E-state index in [1.165, 1.54) is 0 Å². The first kappa shape index (κ1) is 26.3. The molecule has 0 unspecified atom stereocenters. The van der Waals surface area contributed by atoms with Crippen molar-refractivity contribution >= 4 is 23.9 Å². The normalized spacial score (nSPS) is 14.5. The summed E-state index contributed by atoms with van der Waals surface area (Å²) in [5, 5.41) is 14.7. The van der Waals surface area contributed by atoms with E-state index in [-0.39, 0.29) is 11.5 Å². The van der Waals surface area contributed by atoms with Crippen LogP contribution in [0.15, 0.2) is 40.9 Å². The minimum atomic E-state index is -0.144. The highest BCUT2D eigenvalue weighted by atomic mass is 16.1. The van der Waals surface area contributed by atoms with Crippen LogP contribution in [-0.4, -0.2) is 47.7 Å². The summed E-state index contributed by atoms with van der Waals surface area (Å²) in [4.78, 5) is 26.5. The minimum Gasteiger partial charge on any atom is -0.368 e. The maximum Gasteiger partial charge on any atom is 0.271 e. The molecular weight excluding hydrogens is 414 g/mol. The summed E-state index contributed by atoms with van der Waals surface area (Å²) in [6, 6.07) is 0. The number of H-pyrrole nitrogens is 1. The first-order valence-electron chi connectivity index (χ1n) is 12.1. The molecule has 1 heterocycles. The average molecular weight is 454 g/mol. The first-order chi connectivity index (χ1) is 16.0. The van der Waals surface area contributed by atoms with Gasteiger partial charge in [-0.15, -0.1) is 0 Å². The minimum absolute atomic E-state index is 0.0702. The van der Waals surface area contributed by atoms with Crippen LogP contribution in [0.25, 0.3) is 12.2 Å². The summed E-state index contributed by atoms with van der Waals surface area (Å²) in [6.07, 6.45) is 19.8. The molecule has 0 fully saturated rings. The zero-order chi connectivity index (χ0) is 23.9. The van der Waals surface area contributed by atoms with Crippen molar-refractivity contribution in [2.75, 3.05) is 32.0 Å². The van der Waals surface area contributed by atoms with Gasteiger partial charge in [-0.25, -0.2) is 5.10 Å². The van der Waals surface area contributed by atoms with E-state index in [0.717, 1.165) is 74.9 Å². The van der Waals surface area contributed by atoms with Crippen LogP contribution < -0.4 is 26.6 Å². The van der Waals surface area contributed by atoms with Gasteiger partial charge in [-0.05, 0) is 70.8 Å². The number of nitrogens with zero attached hydrogens (tertiary/aromatic N) is 2. The number of allylic oxidation sites excluding steroid dienone is 5. The quantitative estimate of drug-likeness (QED) is 0.400. The van der Waals surface area contributed by atoms with Crippen molar-refractivity contribution in [3.8, 4) is 0 Å². The Labute approximate surface area is 197 Å². The van der Waals surface area contributed by atoms with Gasteiger partial charge in [-0.1, -0.05) is 44.2 Å². The van der Waals surface area contributed by atoms with Crippen molar-refractivity contribution < 1.29 is 4.79 Å². The predicted molar refractivity (Wildman–Crippen MR) is 137 cm³/mol. The molecule has 2 rings (SSSR count). The lowest BCUT2D eigenvalue weighted by Crippen LogP contribution is -2.43. The molecule has 180 valence electrons. The smallest absolute Gasteiger partial charge is 0.271 e. The van der Waals surface area contributed by atoms with Gasteiger partial charge in [-0.2, -0.15) is 5.10 Å². The van der Waals surface area contributed by atoms with Crippen LogP contribution in [0.4, 0.5) is 5.82 Å². The Hall–Kier alpha value is -2.93. The molecule has 0 aliphatic heterocycles. The van der Waals surface area contributed by atoms with Gasteiger partial charge in [-0.3, -0.25) is 9.59 Å². The van der Waals surface area contributed by atoms with Gasteiger partial charge in [0.05, 0.1) is 0 Å². The number of unbranched alkanes of at least 4 members (excludes halogenated alkanes) is 1. The van der Waals surface area contributed by atoms with Gasteiger partial charge < -0.3 is 15.5 Å². The molecule has 7 heteroatoms. The second kappa shape index (κ2) is 15.0. The lowest BCUT2D eigenvalue weighted by atomic mass is 10.2. The molecular formula is C26H39N5O2. The van der Waals surface area contributed by atoms with Gasteiger partial charge >= 0.3 is 0 Å². The molecule has 0 atom stereocenters. The topological polar surface area (TPSA) is 90.1 Å². The number of rotatable bonds is 13. The zero-order valence-electron chi connectivity index (χ0n) is 20.3. The van der Waals surface area contributed by atoms with Gasteiger partial charge in [0, 0.05) is 29.1 Å². The largest absolute Gasteiger partial charge is 0.368 e. The van der Waals surface area contributed by atoms with E-state index in [1.54, 1.807) is 0 Å². The number of hydrogen-bond donors (Lipinski definition) is 3. The Kier molecular flexibility index (Phi) is 12.0. The first-order valence-corrected chi connectivity index (χ1v) is 12.1. The molecule has 1 aromatic heterocycles. The monoisotopic (exact) mass is 453 g/mol. The molecule has 1 aliphatic rings. The highest BCUT2D eigenvalue weighted by Gasteiger charge is 2.05. The molecule has 7 nitrogen and oxygen atoms in total. The summed E-state index contributed by atoms with van der Waals surface area (Å²) < 4.78 is 0. The molecule has 0 aromatic carbocycles. The summed E-state index contributed by atoms with van der Waals surface area (Å²) in [7, 11) is 2.11. The fourth-order valence-electron chi connectivity index (χ4n) is 3.65. The maximum absolute atomic E-state index is 12.1. The van der Waals surface area contributed by atoms with Crippen LogP contribution in [0.2, 0.25) is 0 Å². The highest BCUT2D eigenvalue weighted by molar-refractivity contribution is 5.78.